The van der Waals surface area contributed by atoms with Gasteiger partial charge in [0, 0.05) is 23.2 Å². The third-order valence-corrected chi connectivity index (χ3v) is 2.94. The fourth-order valence-corrected chi connectivity index (χ4v) is 2.00. The molecule has 0 spiro atoms. The Bertz CT molecular complexity index is 535. The van der Waals surface area contributed by atoms with E-state index in [-0.39, 0.29) is 17.7 Å². The number of anilines is 1. The van der Waals surface area contributed by atoms with Crippen LogP contribution in [0.3, 0.4) is 0 Å². The van der Waals surface area contributed by atoms with Gasteiger partial charge in [0.05, 0.1) is 11.6 Å². The van der Waals surface area contributed by atoms with Crippen LogP contribution in [0, 0.1) is 23.0 Å². The van der Waals surface area contributed by atoms with Crippen LogP contribution in [-0.2, 0) is 6.54 Å². The second-order valence-electron chi connectivity index (χ2n) is 3.40. The lowest BCUT2D eigenvalue weighted by Crippen LogP contribution is -2.04. The molecular weight excluding hydrogens is 242 g/mol. The number of hydrogen-bond donors (Lipinski definition) is 1. The van der Waals surface area contributed by atoms with Crippen LogP contribution in [0.5, 0.6) is 0 Å². The smallest absolute Gasteiger partial charge is 0.132 e. The molecule has 0 aliphatic rings. The monoisotopic (exact) mass is 250 g/mol. The molecule has 2 aromatic rings. The summed E-state index contributed by atoms with van der Waals surface area (Å²) in [7, 11) is 0. The van der Waals surface area contributed by atoms with Crippen molar-refractivity contribution >= 4 is 17.0 Å². The molecule has 0 saturated heterocycles. The molecule has 17 heavy (non-hydrogen) atoms. The number of halogens is 2. The lowest BCUT2D eigenvalue weighted by Gasteiger charge is -2.07. The second-order valence-corrected chi connectivity index (χ2v) is 4.18. The first kappa shape index (κ1) is 11.6. The van der Waals surface area contributed by atoms with E-state index >= 15 is 0 Å². The molecule has 0 saturated carbocycles. The molecule has 2 nitrogen and oxygen atoms in total. The molecular formula is C12H8F2N2S. The van der Waals surface area contributed by atoms with Crippen LogP contribution in [0.1, 0.15) is 11.1 Å². The minimum Gasteiger partial charge on any atom is -0.380 e. The van der Waals surface area contributed by atoms with Crippen LogP contribution in [0.2, 0.25) is 0 Å². The van der Waals surface area contributed by atoms with Gasteiger partial charge in [-0.05, 0) is 23.6 Å². The van der Waals surface area contributed by atoms with Crippen LogP contribution < -0.4 is 5.32 Å². The predicted molar refractivity (Wildman–Crippen MR) is 62.7 cm³/mol. The Labute approximate surface area is 101 Å². The maximum Gasteiger partial charge on any atom is 0.132 e. The quantitative estimate of drug-likeness (QED) is 0.904. The zero-order valence-electron chi connectivity index (χ0n) is 8.71. The average molecular weight is 250 g/mol. The van der Waals surface area contributed by atoms with Gasteiger partial charge in [-0.15, -0.1) is 0 Å². The summed E-state index contributed by atoms with van der Waals surface area (Å²) < 4.78 is 27.0. The second kappa shape index (κ2) is 4.93. The molecule has 1 aromatic carbocycles. The van der Waals surface area contributed by atoms with Gasteiger partial charge in [0.1, 0.15) is 11.6 Å². The number of rotatable bonds is 3. The summed E-state index contributed by atoms with van der Waals surface area (Å²) in [6.07, 6.45) is 0. The van der Waals surface area contributed by atoms with Crippen LogP contribution in [0.15, 0.2) is 29.0 Å². The zero-order chi connectivity index (χ0) is 12.3. The molecule has 5 heteroatoms. The molecule has 0 fully saturated rings. The number of hydrogen-bond acceptors (Lipinski definition) is 3. The highest BCUT2D eigenvalue weighted by molar-refractivity contribution is 7.08. The minimum atomic E-state index is -0.704. The largest absolute Gasteiger partial charge is 0.380 e. The number of nitrogens with zero attached hydrogens (tertiary/aromatic N) is 1. The van der Waals surface area contributed by atoms with Gasteiger partial charge in [-0.3, -0.25) is 0 Å². The van der Waals surface area contributed by atoms with Crippen molar-refractivity contribution in [3.63, 3.8) is 0 Å². The normalized spacial score (nSPS) is 9.94. The van der Waals surface area contributed by atoms with E-state index in [1.165, 1.54) is 11.3 Å². The van der Waals surface area contributed by atoms with Crippen molar-refractivity contribution in [1.82, 2.24) is 0 Å². The van der Waals surface area contributed by atoms with Gasteiger partial charge in [0.15, 0.2) is 0 Å². The highest BCUT2D eigenvalue weighted by atomic mass is 32.1. The molecule has 2 rings (SSSR count). The van der Waals surface area contributed by atoms with E-state index in [1.54, 1.807) is 6.07 Å². The van der Waals surface area contributed by atoms with Crippen molar-refractivity contribution in [3.05, 3.63) is 51.7 Å². The van der Waals surface area contributed by atoms with Gasteiger partial charge in [0.2, 0.25) is 0 Å². The summed E-state index contributed by atoms with van der Waals surface area (Å²) in [5.41, 5.74) is 0.743. The molecule has 86 valence electrons. The molecule has 0 bridgehead atoms. The molecule has 0 atom stereocenters. The maximum atomic E-state index is 13.5. The molecule has 1 N–H and O–H groups in total. The Morgan fingerprint density at radius 1 is 1.29 bits per heavy atom. The zero-order valence-corrected chi connectivity index (χ0v) is 9.52. The highest BCUT2D eigenvalue weighted by Crippen LogP contribution is 2.18. The van der Waals surface area contributed by atoms with Gasteiger partial charge >= 0.3 is 0 Å². The predicted octanol–water partition coefficient (Wildman–Crippen LogP) is 3.51. The summed E-state index contributed by atoms with van der Waals surface area (Å²) in [4.78, 5) is 0. The fraction of sp³-hybridized carbons (Fsp3) is 0.0833. The van der Waals surface area contributed by atoms with E-state index in [9.17, 15) is 8.78 Å². The first-order chi connectivity index (χ1) is 8.20. The lowest BCUT2D eigenvalue weighted by atomic mass is 10.1. The van der Waals surface area contributed by atoms with E-state index in [2.05, 4.69) is 5.32 Å². The van der Waals surface area contributed by atoms with Crippen LogP contribution in [-0.4, -0.2) is 0 Å². The third-order valence-electron chi connectivity index (χ3n) is 2.26. The van der Waals surface area contributed by atoms with E-state index < -0.39 is 11.6 Å². The van der Waals surface area contributed by atoms with Crippen molar-refractivity contribution in [2.45, 2.75) is 6.54 Å². The van der Waals surface area contributed by atoms with Crippen LogP contribution >= 0.6 is 11.3 Å². The van der Waals surface area contributed by atoms with Crippen molar-refractivity contribution in [2.24, 2.45) is 0 Å². The summed E-state index contributed by atoms with van der Waals surface area (Å²) in [6.45, 7) is 0.0557. The Hall–Kier alpha value is -1.93. The first-order valence-corrected chi connectivity index (χ1v) is 5.79. The molecule has 0 amide bonds. The van der Waals surface area contributed by atoms with Gasteiger partial charge in [-0.2, -0.15) is 16.6 Å². The van der Waals surface area contributed by atoms with Crippen LogP contribution in [0.25, 0.3) is 0 Å². The number of thiophene rings is 1. The van der Waals surface area contributed by atoms with E-state index in [0.29, 0.717) is 0 Å². The first-order valence-electron chi connectivity index (χ1n) is 4.85. The van der Waals surface area contributed by atoms with E-state index in [0.717, 1.165) is 17.8 Å². The van der Waals surface area contributed by atoms with Crippen LogP contribution in [0.4, 0.5) is 14.5 Å². The Balaban J connectivity index is 2.19. The average Bonchev–Trinajstić information content (AvgIpc) is 2.80. The SMILES string of the molecule is N#Cc1cc(F)c(CNc2ccsc2)c(F)c1. The minimum absolute atomic E-state index is 0.0146. The standard InChI is InChI=1S/C12H8F2N2S/c13-11-3-8(5-15)4-12(14)10(11)6-16-9-1-2-17-7-9/h1-4,7,16H,6H2. The Morgan fingerprint density at radius 2 is 2.00 bits per heavy atom. The maximum absolute atomic E-state index is 13.5. The fourth-order valence-electron chi connectivity index (χ4n) is 1.39. The summed E-state index contributed by atoms with van der Waals surface area (Å²) in [5.74, 6) is -1.41. The summed E-state index contributed by atoms with van der Waals surface area (Å²) in [6, 6.07) is 5.60. The molecule has 1 heterocycles. The molecule has 0 aliphatic carbocycles. The Kier molecular flexibility index (Phi) is 3.35. The van der Waals surface area contributed by atoms with Crippen molar-refractivity contribution < 1.29 is 8.78 Å². The number of benzene rings is 1. The molecule has 0 unspecified atom stereocenters. The molecule has 0 aliphatic heterocycles. The third kappa shape index (κ3) is 2.60. The van der Waals surface area contributed by atoms with Crippen molar-refractivity contribution in [1.29, 1.82) is 5.26 Å². The molecule has 0 radical (unpaired) electrons. The van der Waals surface area contributed by atoms with Gasteiger partial charge in [-0.1, -0.05) is 0 Å². The number of nitriles is 1. The van der Waals surface area contributed by atoms with E-state index in [1.807, 2.05) is 16.8 Å². The highest BCUT2D eigenvalue weighted by Gasteiger charge is 2.10. The topological polar surface area (TPSA) is 35.8 Å². The van der Waals surface area contributed by atoms with E-state index in [4.69, 9.17) is 5.26 Å². The number of nitrogens with one attached hydrogen (secondary N) is 1. The van der Waals surface area contributed by atoms with Crippen molar-refractivity contribution in [3.8, 4) is 6.07 Å². The van der Waals surface area contributed by atoms with Gasteiger partial charge in [-0.25, -0.2) is 8.78 Å². The lowest BCUT2D eigenvalue weighted by molar-refractivity contribution is 0.559. The van der Waals surface area contributed by atoms with Gasteiger partial charge < -0.3 is 5.32 Å². The Morgan fingerprint density at radius 3 is 2.53 bits per heavy atom. The van der Waals surface area contributed by atoms with Gasteiger partial charge in [0.25, 0.3) is 0 Å². The molecule has 1 aromatic heterocycles. The summed E-state index contributed by atoms with van der Waals surface area (Å²) >= 11 is 1.50. The summed E-state index contributed by atoms with van der Waals surface area (Å²) in [5, 5.41) is 15.2. The van der Waals surface area contributed by atoms with Crippen molar-refractivity contribution in [2.75, 3.05) is 5.32 Å².